The molecule has 0 radical (unpaired) electrons. The van der Waals surface area contributed by atoms with Gasteiger partial charge in [0.1, 0.15) is 5.75 Å². The van der Waals surface area contributed by atoms with Crippen LogP contribution in [0.25, 0.3) is 0 Å². The molecule has 1 atom stereocenters. The summed E-state index contributed by atoms with van der Waals surface area (Å²) < 4.78 is 30.9. The van der Waals surface area contributed by atoms with Crippen LogP contribution in [0.1, 0.15) is 18.6 Å². The maximum Gasteiger partial charge on any atom is 0.219 e. The Hall–Kier alpha value is -2.01. The predicted octanol–water partition coefficient (Wildman–Crippen LogP) is 3.21. The molecular formula is C13H11F2NO2. The largest absolute Gasteiger partial charge is 0.439 e. The van der Waals surface area contributed by atoms with E-state index >= 15 is 0 Å². The topological polar surface area (TPSA) is 42.4 Å². The first kappa shape index (κ1) is 12.4. The summed E-state index contributed by atoms with van der Waals surface area (Å²) in [6.45, 7) is 1.62. The third-order valence-electron chi connectivity index (χ3n) is 2.36. The molecule has 1 aromatic carbocycles. The van der Waals surface area contributed by atoms with E-state index in [1.54, 1.807) is 19.1 Å². The van der Waals surface area contributed by atoms with Crippen molar-refractivity contribution in [1.29, 1.82) is 0 Å². The van der Waals surface area contributed by atoms with Crippen molar-refractivity contribution in [2.45, 2.75) is 13.0 Å². The van der Waals surface area contributed by atoms with Crippen LogP contribution >= 0.6 is 0 Å². The summed E-state index contributed by atoms with van der Waals surface area (Å²) >= 11 is 0. The first-order valence-electron chi connectivity index (χ1n) is 5.33. The van der Waals surface area contributed by atoms with Gasteiger partial charge in [-0.15, -0.1) is 0 Å². The standard InChI is InChI=1S/C13H11F2NO2/c1-8(17)9-2-5-13(16-7-9)18-10-3-4-11(14)12(15)6-10/h2-8,17H,1H3/t8-/m0/s1. The molecule has 0 amide bonds. The lowest BCUT2D eigenvalue weighted by molar-refractivity contribution is 0.198. The first-order chi connectivity index (χ1) is 8.56. The molecule has 3 nitrogen and oxygen atoms in total. The van der Waals surface area contributed by atoms with E-state index in [-0.39, 0.29) is 11.6 Å². The lowest BCUT2D eigenvalue weighted by atomic mass is 10.2. The van der Waals surface area contributed by atoms with Gasteiger partial charge in [0.15, 0.2) is 11.6 Å². The van der Waals surface area contributed by atoms with E-state index in [2.05, 4.69) is 4.98 Å². The van der Waals surface area contributed by atoms with Gasteiger partial charge in [-0.05, 0) is 30.7 Å². The van der Waals surface area contributed by atoms with E-state index in [0.717, 1.165) is 12.1 Å². The number of benzene rings is 1. The number of hydrogen-bond acceptors (Lipinski definition) is 3. The van der Waals surface area contributed by atoms with Gasteiger partial charge in [0, 0.05) is 18.3 Å². The molecule has 18 heavy (non-hydrogen) atoms. The third kappa shape index (κ3) is 2.81. The van der Waals surface area contributed by atoms with Gasteiger partial charge in [-0.2, -0.15) is 0 Å². The normalized spacial score (nSPS) is 12.2. The van der Waals surface area contributed by atoms with Crippen LogP contribution in [0.15, 0.2) is 36.5 Å². The fourth-order valence-electron chi connectivity index (χ4n) is 1.36. The molecule has 1 aromatic heterocycles. The second-order valence-corrected chi connectivity index (χ2v) is 3.78. The maximum atomic E-state index is 12.9. The summed E-state index contributed by atoms with van der Waals surface area (Å²) in [6, 6.07) is 6.42. The summed E-state index contributed by atoms with van der Waals surface area (Å²) in [5, 5.41) is 9.30. The predicted molar refractivity (Wildman–Crippen MR) is 61.3 cm³/mol. The number of nitrogens with zero attached hydrogens (tertiary/aromatic N) is 1. The number of rotatable bonds is 3. The smallest absolute Gasteiger partial charge is 0.219 e. The number of aromatic nitrogens is 1. The lowest BCUT2D eigenvalue weighted by Crippen LogP contribution is -1.94. The van der Waals surface area contributed by atoms with Gasteiger partial charge in [0.05, 0.1) is 6.10 Å². The van der Waals surface area contributed by atoms with Gasteiger partial charge in [0.25, 0.3) is 0 Å². The third-order valence-corrected chi connectivity index (χ3v) is 2.36. The molecule has 94 valence electrons. The lowest BCUT2D eigenvalue weighted by Gasteiger charge is -2.07. The Bertz CT molecular complexity index is 541. The quantitative estimate of drug-likeness (QED) is 0.910. The monoisotopic (exact) mass is 251 g/mol. The Morgan fingerprint density at radius 1 is 1.17 bits per heavy atom. The van der Waals surface area contributed by atoms with Gasteiger partial charge >= 0.3 is 0 Å². The van der Waals surface area contributed by atoms with E-state index in [4.69, 9.17) is 4.74 Å². The number of ether oxygens (including phenoxy) is 1. The molecule has 0 unspecified atom stereocenters. The number of hydrogen-bond donors (Lipinski definition) is 1. The molecule has 0 spiro atoms. The molecule has 0 saturated carbocycles. The highest BCUT2D eigenvalue weighted by Crippen LogP contribution is 2.22. The zero-order valence-electron chi connectivity index (χ0n) is 9.60. The van der Waals surface area contributed by atoms with Crippen LogP contribution in [-0.4, -0.2) is 10.1 Å². The van der Waals surface area contributed by atoms with Crippen LogP contribution in [0.4, 0.5) is 8.78 Å². The molecule has 1 N–H and O–H groups in total. The van der Waals surface area contributed by atoms with Crippen molar-refractivity contribution in [3.8, 4) is 11.6 Å². The van der Waals surface area contributed by atoms with Crippen molar-refractivity contribution in [1.82, 2.24) is 4.98 Å². The van der Waals surface area contributed by atoms with Gasteiger partial charge < -0.3 is 9.84 Å². The zero-order valence-corrected chi connectivity index (χ0v) is 9.60. The minimum atomic E-state index is -0.979. The molecule has 0 fully saturated rings. The Balaban J connectivity index is 2.15. The highest BCUT2D eigenvalue weighted by Gasteiger charge is 2.06. The Morgan fingerprint density at radius 3 is 2.50 bits per heavy atom. The molecule has 0 bridgehead atoms. The second kappa shape index (κ2) is 5.10. The highest BCUT2D eigenvalue weighted by molar-refractivity contribution is 5.29. The Labute approximate surface area is 103 Å². The molecule has 2 aromatic rings. The van der Waals surface area contributed by atoms with Crippen molar-refractivity contribution in [2.75, 3.05) is 0 Å². The van der Waals surface area contributed by atoms with Crippen molar-refractivity contribution in [3.05, 3.63) is 53.7 Å². The van der Waals surface area contributed by atoms with Crippen LogP contribution < -0.4 is 4.74 Å². The van der Waals surface area contributed by atoms with Crippen LogP contribution in [0.3, 0.4) is 0 Å². The molecule has 0 aliphatic rings. The molecule has 5 heteroatoms. The van der Waals surface area contributed by atoms with Crippen LogP contribution in [0.5, 0.6) is 11.6 Å². The molecule has 0 aliphatic carbocycles. The first-order valence-corrected chi connectivity index (χ1v) is 5.33. The van der Waals surface area contributed by atoms with Crippen molar-refractivity contribution >= 4 is 0 Å². The van der Waals surface area contributed by atoms with E-state index in [9.17, 15) is 13.9 Å². The van der Waals surface area contributed by atoms with Crippen LogP contribution in [0.2, 0.25) is 0 Å². The average molecular weight is 251 g/mol. The van der Waals surface area contributed by atoms with Gasteiger partial charge in [-0.25, -0.2) is 13.8 Å². The zero-order chi connectivity index (χ0) is 13.1. The number of aliphatic hydroxyl groups excluding tert-OH is 1. The fraction of sp³-hybridized carbons (Fsp3) is 0.154. The summed E-state index contributed by atoms with van der Waals surface area (Å²) in [5.41, 5.74) is 0.646. The maximum absolute atomic E-state index is 12.9. The van der Waals surface area contributed by atoms with Crippen molar-refractivity contribution in [2.24, 2.45) is 0 Å². The van der Waals surface area contributed by atoms with E-state index < -0.39 is 17.7 Å². The SMILES string of the molecule is C[C@H](O)c1ccc(Oc2ccc(F)c(F)c2)nc1. The Morgan fingerprint density at radius 2 is 1.94 bits per heavy atom. The van der Waals surface area contributed by atoms with Crippen LogP contribution in [0, 0.1) is 11.6 Å². The summed E-state index contributed by atoms with van der Waals surface area (Å²) in [5.74, 6) is -1.51. The number of aliphatic hydroxyl groups is 1. The molecule has 0 saturated heterocycles. The Kier molecular flexibility index (Phi) is 3.53. The van der Waals surface area contributed by atoms with Gasteiger partial charge in [-0.1, -0.05) is 0 Å². The molecule has 0 aliphatic heterocycles. The average Bonchev–Trinajstić information content (AvgIpc) is 2.34. The van der Waals surface area contributed by atoms with E-state index in [0.29, 0.717) is 5.56 Å². The van der Waals surface area contributed by atoms with Gasteiger partial charge in [0.2, 0.25) is 5.88 Å². The highest BCUT2D eigenvalue weighted by atomic mass is 19.2. The molecule has 1 heterocycles. The van der Waals surface area contributed by atoms with Gasteiger partial charge in [-0.3, -0.25) is 0 Å². The van der Waals surface area contributed by atoms with E-state index in [1.165, 1.54) is 12.3 Å². The minimum absolute atomic E-state index is 0.159. The minimum Gasteiger partial charge on any atom is -0.439 e. The molecular weight excluding hydrogens is 240 g/mol. The summed E-state index contributed by atoms with van der Waals surface area (Å²) in [6.07, 6.45) is 0.842. The summed E-state index contributed by atoms with van der Waals surface area (Å²) in [7, 11) is 0. The fourth-order valence-corrected chi connectivity index (χ4v) is 1.36. The number of pyridine rings is 1. The van der Waals surface area contributed by atoms with Crippen LogP contribution in [-0.2, 0) is 0 Å². The van der Waals surface area contributed by atoms with E-state index in [1.807, 2.05) is 0 Å². The second-order valence-electron chi connectivity index (χ2n) is 3.78. The van der Waals surface area contributed by atoms with Crippen molar-refractivity contribution in [3.63, 3.8) is 0 Å². The van der Waals surface area contributed by atoms with Crippen molar-refractivity contribution < 1.29 is 18.6 Å². The number of halogens is 2. The molecule has 2 rings (SSSR count). The summed E-state index contributed by atoms with van der Waals surface area (Å²) in [4.78, 5) is 3.95.